The maximum Gasteiger partial charge on any atom is 0.0316 e. The van der Waals surface area contributed by atoms with Crippen LogP contribution in [0.5, 0.6) is 0 Å². The molecule has 0 saturated carbocycles. The lowest BCUT2D eigenvalue weighted by atomic mass is 9.92. The Hall–Kier alpha value is -0.980. The van der Waals surface area contributed by atoms with E-state index in [0.717, 1.165) is 18.5 Å². The first-order valence-electron chi connectivity index (χ1n) is 5.86. The second kappa shape index (κ2) is 5.20. The smallest absolute Gasteiger partial charge is 0.0316 e. The van der Waals surface area contributed by atoms with E-state index < -0.39 is 0 Å². The molecule has 1 heteroatoms. The summed E-state index contributed by atoms with van der Waals surface area (Å²) in [6.07, 6.45) is 2.29. The molecule has 0 aliphatic carbocycles. The largest absolute Gasteiger partial charge is 0.399 e. The summed E-state index contributed by atoms with van der Waals surface area (Å²) in [6.45, 7) is 9.02. The Balaban J connectivity index is 2.92. The summed E-state index contributed by atoms with van der Waals surface area (Å²) in [5, 5.41) is 0. The van der Waals surface area contributed by atoms with Crippen molar-refractivity contribution >= 4 is 5.69 Å². The van der Waals surface area contributed by atoms with Gasteiger partial charge in [0.1, 0.15) is 0 Å². The van der Waals surface area contributed by atoms with Crippen molar-refractivity contribution in [3.8, 4) is 0 Å². The van der Waals surface area contributed by atoms with Gasteiger partial charge in [0, 0.05) is 5.69 Å². The van der Waals surface area contributed by atoms with Gasteiger partial charge in [-0.25, -0.2) is 0 Å². The van der Waals surface area contributed by atoms with Gasteiger partial charge in [0.15, 0.2) is 0 Å². The highest BCUT2D eigenvalue weighted by molar-refractivity contribution is 5.45. The molecule has 0 bridgehead atoms. The molecule has 0 aliphatic rings. The van der Waals surface area contributed by atoms with Crippen LogP contribution in [0.2, 0.25) is 0 Å². The SMILES string of the molecule is CC(C)Cc1ccc(N)cc1CC(C)C. The average Bonchev–Trinajstić information content (AvgIpc) is 2.08. The summed E-state index contributed by atoms with van der Waals surface area (Å²) in [7, 11) is 0. The molecule has 0 amide bonds. The van der Waals surface area contributed by atoms with Crippen molar-refractivity contribution in [2.45, 2.75) is 40.5 Å². The topological polar surface area (TPSA) is 26.0 Å². The number of anilines is 1. The van der Waals surface area contributed by atoms with E-state index in [9.17, 15) is 0 Å². The lowest BCUT2D eigenvalue weighted by Crippen LogP contribution is -2.04. The molecule has 0 saturated heterocycles. The van der Waals surface area contributed by atoms with Gasteiger partial charge in [0.05, 0.1) is 0 Å². The molecular formula is C14H23N. The Kier molecular flexibility index (Phi) is 4.19. The summed E-state index contributed by atoms with van der Waals surface area (Å²) in [6, 6.07) is 6.34. The van der Waals surface area contributed by atoms with E-state index in [2.05, 4.69) is 39.8 Å². The highest BCUT2D eigenvalue weighted by atomic mass is 14.5. The Labute approximate surface area is 93.7 Å². The van der Waals surface area contributed by atoms with Gasteiger partial charge >= 0.3 is 0 Å². The summed E-state index contributed by atoms with van der Waals surface area (Å²) in [5.41, 5.74) is 9.62. The second-order valence-corrected chi connectivity index (χ2v) is 5.22. The number of benzene rings is 1. The van der Waals surface area contributed by atoms with Gasteiger partial charge in [-0.3, -0.25) is 0 Å². The normalized spacial score (nSPS) is 11.3. The molecular weight excluding hydrogens is 182 g/mol. The fraction of sp³-hybridized carbons (Fsp3) is 0.571. The molecule has 1 aromatic rings. The van der Waals surface area contributed by atoms with Crippen molar-refractivity contribution < 1.29 is 0 Å². The highest BCUT2D eigenvalue weighted by Gasteiger charge is 2.07. The zero-order valence-corrected chi connectivity index (χ0v) is 10.4. The third kappa shape index (κ3) is 3.94. The third-order valence-corrected chi connectivity index (χ3v) is 2.49. The minimum absolute atomic E-state index is 0.692. The number of nitrogen functional groups attached to an aromatic ring is 1. The molecule has 0 atom stereocenters. The molecule has 15 heavy (non-hydrogen) atoms. The van der Waals surface area contributed by atoms with Gasteiger partial charge in [0.2, 0.25) is 0 Å². The van der Waals surface area contributed by atoms with E-state index in [1.807, 2.05) is 6.07 Å². The van der Waals surface area contributed by atoms with Gasteiger partial charge in [-0.1, -0.05) is 33.8 Å². The molecule has 1 aromatic carbocycles. The molecule has 0 radical (unpaired) electrons. The molecule has 0 aromatic heterocycles. The van der Waals surface area contributed by atoms with Crippen molar-refractivity contribution in [3.05, 3.63) is 29.3 Å². The average molecular weight is 205 g/mol. The van der Waals surface area contributed by atoms with E-state index >= 15 is 0 Å². The minimum atomic E-state index is 0.692. The second-order valence-electron chi connectivity index (χ2n) is 5.22. The van der Waals surface area contributed by atoms with E-state index in [0.29, 0.717) is 11.8 Å². The van der Waals surface area contributed by atoms with Crippen molar-refractivity contribution in [2.75, 3.05) is 5.73 Å². The maximum atomic E-state index is 5.83. The van der Waals surface area contributed by atoms with Crippen LogP contribution in [0.4, 0.5) is 5.69 Å². The molecule has 0 aliphatic heterocycles. The molecule has 1 rings (SSSR count). The number of hydrogen-bond donors (Lipinski definition) is 1. The van der Waals surface area contributed by atoms with Gasteiger partial charge in [0.25, 0.3) is 0 Å². The molecule has 0 spiro atoms. The van der Waals surface area contributed by atoms with Crippen LogP contribution in [0.3, 0.4) is 0 Å². The fourth-order valence-electron chi connectivity index (χ4n) is 1.91. The van der Waals surface area contributed by atoms with Crippen LogP contribution < -0.4 is 5.73 Å². The summed E-state index contributed by atoms with van der Waals surface area (Å²) in [4.78, 5) is 0. The van der Waals surface area contributed by atoms with Crippen LogP contribution >= 0.6 is 0 Å². The summed E-state index contributed by atoms with van der Waals surface area (Å²) < 4.78 is 0. The monoisotopic (exact) mass is 205 g/mol. The molecule has 2 N–H and O–H groups in total. The lowest BCUT2D eigenvalue weighted by Gasteiger charge is -2.14. The Morgan fingerprint density at radius 3 is 2.00 bits per heavy atom. The van der Waals surface area contributed by atoms with Crippen LogP contribution in [0, 0.1) is 11.8 Å². The molecule has 1 nitrogen and oxygen atoms in total. The third-order valence-electron chi connectivity index (χ3n) is 2.49. The number of rotatable bonds is 4. The van der Waals surface area contributed by atoms with E-state index in [-0.39, 0.29) is 0 Å². The standard InChI is InChI=1S/C14H23N/c1-10(2)7-12-5-6-14(15)9-13(12)8-11(3)4/h5-6,9-11H,7-8,15H2,1-4H3. The summed E-state index contributed by atoms with van der Waals surface area (Å²) >= 11 is 0. The zero-order chi connectivity index (χ0) is 11.4. The molecule has 0 unspecified atom stereocenters. The predicted molar refractivity (Wildman–Crippen MR) is 67.9 cm³/mol. The Morgan fingerprint density at radius 1 is 0.933 bits per heavy atom. The van der Waals surface area contributed by atoms with Crippen molar-refractivity contribution in [2.24, 2.45) is 11.8 Å². The van der Waals surface area contributed by atoms with Crippen LogP contribution in [-0.4, -0.2) is 0 Å². The Bertz CT molecular complexity index is 313. The lowest BCUT2D eigenvalue weighted by molar-refractivity contribution is 0.616. The quantitative estimate of drug-likeness (QED) is 0.746. The Morgan fingerprint density at radius 2 is 1.47 bits per heavy atom. The van der Waals surface area contributed by atoms with Gasteiger partial charge in [-0.05, 0) is 47.9 Å². The van der Waals surface area contributed by atoms with Crippen molar-refractivity contribution in [1.29, 1.82) is 0 Å². The van der Waals surface area contributed by atoms with Crippen LogP contribution in [0.15, 0.2) is 18.2 Å². The van der Waals surface area contributed by atoms with Crippen molar-refractivity contribution in [3.63, 3.8) is 0 Å². The van der Waals surface area contributed by atoms with E-state index in [1.165, 1.54) is 11.1 Å². The van der Waals surface area contributed by atoms with Gasteiger partial charge < -0.3 is 5.73 Å². The first-order valence-corrected chi connectivity index (χ1v) is 5.86. The van der Waals surface area contributed by atoms with Crippen molar-refractivity contribution in [1.82, 2.24) is 0 Å². The highest BCUT2D eigenvalue weighted by Crippen LogP contribution is 2.20. The zero-order valence-electron chi connectivity index (χ0n) is 10.4. The van der Waals surface area contributed by atoms with Gasteiger partial charge in [-0.2, -0.15) is 0 Å². The number of hydrogen-bond acceptors (Lipinski definition) is 1. The number of nitrogens with two attached hydrogens (primary N) is 1. The van der Waals surface area contributed by atoms with Crippen LogP contribution in [-0.2, 0) is 12.8 Å². The molecule has 0 heterocycles. The minimum Gasteiger partial charge on any atom is -0.399 e. The van der Waals surface area contributed by atoms with Crippen LogP contribution in [0.1, 0.15) is 38.8 Å². The van der Waals surface area contributed by atoms with E-state index in [4.69, 9.17) is 5.73 Å². The van der Waals surface area contributed by atoms with E-state index in [1.54, 1.807) is 0 Å². The molecule has 84 valence electrons. The summed E-state index contributed by atoms with van der Waals surface area (Å²) in [5.74, 6) is 1.40. The molecule has 0 fully saturated rings. The predicted octanol–water partition coefficient (Wildman–Crippen LogP) is 3.67. The first kappa shape index (κ1) is 12.1. The maximum absolute atomic E-state index is 5.83. The van der Waals surface area contributed by atoms with Gasteiger partial charge in [-0.15, -0.1) is 0 Å². The fourth-order valence-corrected chi connectivity index (χ4v) is 1.91. The van der Waals surface area contributed by atoms with Crippen LogP contribution in [0.25, 0.3) is 0 Å². The first-order chi connectivity index (χ1) is 6.99.